The number of hydrogen-bond acceptors (Lipinski definition) is 5. The monoisotopic (exact) mass is 410 g/mol. The van der Waals surface area contributed by atoms with Crippen molar-refractivity contribution in [3.05, 3.63) is 53.6 Å². The van der Waals surface area contributed by atoms with Gasteiger partial charge in [-0.15, -0.1) is 9.66 Å². The fourth-order valence-corrected chi connectivity index (χ4v) is 5.14. The first-order chi connectivity index (χ1) is 12.8. The Morgan fingerprint density at radius 2 is 1.37 bits per heavy atom. The minimum atomic E-state index is -4.05. The van der Waals surface area contributed by atoms with Gasteiger partial charge in [-0.2, -0.15) is 0 Å². The molecule has 146 valence electrons. The summed E-state index contributed by atoms with van der Waals surface area (Å²) in [6.07, 6.45) is 3.89. The Kier molecular flexibility index (Phi) is 5.85. The molecular formula is C18H22N2O5S2. The Balaban J connectivity index is 1.74. The highest BCUT2D eigenvalue weighted by Crippen LogP contribution is 2.24. The largest absolute Gasteiger partial charge is 0.494 e. The van der Waals surface area contributed by atoms with Gasteiger partial charge in [-0.1, -0.05) is 6.07 Å². The molecule has 0 unspecified atom stereocenters. The first kappa shape index (κ1) is 19.8. The molecule has 0 saturated heterocycles. The summed E-state index contributed by atoms with van der Waals surface area (Å²) >= 11 is 0. The van der Waals surface area contributed by atoms with Crippen LogP contribution in [-0.2, 0) is 32.9 Å². The van der Waals surface area contributed by atoms with Crippen LogP contribution < -0.4 is 14.4 Å². The summed E-state index contributed by atoms with van der Waals surface area (Å²) in [5.74, 6) is 0.533. The van der Waals surface area contributed by atoms with Crippen LogP contribution in [0.15, 0.2) is 52.3 Å². The Labute approximate surface area is 159 Å². The van der Waals surface area contributed by atoms with Crippen molar-refractivity contribution >= 4 is 20.0 Å². The second-order valence-electron chi connectivity index (χ2n) is 6.25. The molecule has 0 heterocycles. The number of fused-ring (bicyclic) bond motifs is 1. The molecule has 27 heavy (non-hydrogen) atoms. The standard InChI is InChI=1S/C18H22N2O5S2/c1-2-25-16-8-11-17(12-9-16)26(21,22)19-20-27(23,24)18-10-7-14-5-3-4-6-15(14)13-18/h7-13,19-20H,2-6H2,1H3. The highest BCUT2D eigenvalue weighted by molar-refractivity contribution is 7.92. The first-order valence-corrected chi connectivity index (χ1v) is 11.7. The third kappa shape index (κ3) is 4.67. The molecule has 2 aromatic rings. The summed E-state index contributed by atoms with van der Waals surface area (Å²) in [5.41, 5.74) is 2.15. The predicted molar refractivity (Wildman–Crippen MR) is 101 cm³/mol. The van der Waals surface area contributed by atoms with Gasteiger partial charge in [0.05, 0.1) is 16.4 Å². The molecule has 0 aromatic heterocycles. The fraction of sp³-hybridized carbons (Fsp3) is 0.333. The Morgan fingerprint density at radius 1 is 0.815 bits per heavy atom. The number of sulfonamides is 2. The molecule has 7 nitrogen and oxygen atoms in total. The minimum absolute atomic E-state index is 0.0394. The number of ether oxygens (including phenoxy) is 1. The van der Waals surface area contributed by atoms with E-state index in [1.165, 1.54) is 30.3 Å². The predicted octanol–water partition coefficient (Wildman–Crippen LogP) is 2.14. The van der Waals surface area contributed by atoms with Crippen molar-refractivity contribution in [1.29, 1.82) is 0 Å². The zero-order chi connectivity index (χ0) is 19.5. The third-order valence-corrected chi connectivity index (χ3v) is 7.02. The summed E-state index contributed by atoms with van der Waals surface area (Å²) < 4.78 is 54.9. The Hall–Kier alpha value is -1.94. The van der Waals surface area contributed by atoms with E-state index in [-0.39, 0.29) is 9.79 Å². The van der Waals surface area contributed by atoms with Gasteiger partial charge in [-0.3, -0.25) is 0 Å². The van der Waals surface area contributed by atoms with Crippen LogP contribution in [0, 0.1) is 0 Å². The smallest absolute Gasteiger partial charge is 0.254 e. The van der Waals surface area contributed by atoms with Gasteiger partial charge in [0.25, 0.3) is 20.0 Å². The molecule has 0 atom stereocenters. The van der Waals surface area contributed by atoms with Crippen molar-refractivity contribution in [3.63, 3.8) is 0 Å². The summed E-state index contributed by atoms with van der Waals surface area (Å²) in [4.78, 5) is 3.87. The average Bonchev–Trinajstić information content (AvgIpc) is 2.67. The van der Waals surface area contributed by atoms with Gasteiger partial charge in [0.2, 0.25) is 0 Å². The van der Waals surface area contributed by atoms with Crippen molar-refractivity contribution < 1.29 is 21.6 Å². The average molecular weight is 411 g/mol. The molecule has 0 fully saturated rings. The van der Waals surface area contributed by atoms with Crippen LogP contribution in [0.5, 0.6) is 5.75 Å². The van der Waals surface area contributed by atoms with Gasteiger partial charge in [-0.05, 0) is 80.1 Å². The molecule has 1 aliphatic rings. The second-order valence-corrected chi connectivity index (χ2v) is 9.62. The maximum Gasteiger partial charge on any atom is 0.254 e. The molecule has 3 rings (SSSR count). The van der Waals surface area contributed by atoms with Gasteiger partial charge < -0.3 is 4.74 Å². The van der Waals surface area contributed by atoms with Crippen LogP contribution >= 0.6 is 0 Å². The maximum atomic E-state index is 12.5. The van der Waals surface area contributed by atoms with E-state index in [9.17, 15) is 16.8 Å². The molecular weight excluding hydrogens is 388 g/mol. The van der Waals surface area contributed by atoms with Gasteiger partial charge in [-0.25, -0.2) is 16.8 Å². The van der Waals surface area contributed by atoms with Crippen LogP contribution in [-0.4, -0.2) is 23.4 Å². The lowest BCUT2D eigenvalue weighted by atomic mass is 9.92. The van der Waals surface area contributed by atoms with Crippen LogP contribution in [0.25, 0.3) is 0 Å². The zero-order valence-electron chi connectivity index (χ0n) is 14.9. The lowest BCUT2D eigenvalue weighted by Gasteiger charge is -2.17. The summed E-state index contributed by atoms with van der Waals surface area (Å²) in [7, 11) is -8.06. The Morgan fingerprint density at radius 3 is 2.00 bits per heavy atom. The molecule has 1 aliphatic carbocycles. The molecule has 0 aliphatic heterocycles. The number of aryl methyl sites for hydroxylation is 2. The van der Waals surface area contributed by atoms with Crippen molar-refractivity contribution in [1.82, 2.24) is 9.66 Å². The van der Waals surface area contributed by atoms with Gasteiger partial charge in [0.1, 0.15) is 5.75 Å². The normalized spacial score (nSPS) is 14.6. The number of rotatable bonds is 7. The highest BCUT2D eigenvalue weighted by atomic mass is 32.2. The van der Waals surface area contributed by atoms with Crippen molar-refractivity contribution in [2.75, 3.05) is 6.61 Å². The Bertz CT molecular complexity index is 1020. The van der Waals surface area contributed by atoms with E-state index < -0.39 is 20.0 Å². The van der Waals surface area contributed by atoms with E-state index in [1.807, 2.05) is 16.6 Å². The summed E-state index contributed by atoms with van der Waals surface area (Å²) in [5, 5.41) is 0. The van der Waals surface area contributed by atoms with Crippen LogP contribution in [0.3, 0.4) is 0 Å². The summed E-state index contributed by atoms with van der Waals surface area (Å²) in [6, 6.07) is 10.6. The number of hydrogen-bond donors (Lipinski definition) is 2. The second kappa shape index (κ2) is 7.97. The molecule has 0 radical (unpaired) electrons. The first-order valence-electron chi connectivity index (χ1n) is 8.70. The fourth-order valence-electron chi connectivity index (χ4n) is 2.99. The van der Waals surface area contributed by atoms with E-state index in [2.05, 4.69) is 0 Å². The molecule has 2 aromatic carbocycles. The number of hydrazine groups is 1. The van der Waals surface area contributed by atoms with E-state index in [0.717, 1.165) is 36.8 Å². The highest BCUT2D eigenvalue weighted by Gasteiger charge is 2.21. The number of nitrogens with one attached hydrogen (secondary N) is 2. The van der Waals surface area contributed by atoms with Crippen molar-refractivity contribution in [2.45, 2.75) is 42.4 Å². The lowest BCUT2D eigenvalue weighted by molar-refractivity contribution is 0.340. The zero-order valence-corrected chi connectivity index (χ0v) is 16.6. The summed E-state index contributed by atoms with van der Waals surface area (Å²) in [6.45, 7) is 2.28. The number of benzene rings is 2. The van der Waals surface area contributed by atoms with E-state index >= 15 is 0 Å². The maximum absolute atomic E-state index is 12.5. The molecule has 9 heteroatoms. The quantitative estimate of drug-likeness (QED) is 0.681. The lowest BCUT2D eigenvalue weighted by Crippen LogP contribution is -2.41. The van der Waals surface area contributed by atoms with Gasteiger partial charge in [0, 0.05) is 0 Å². The van der Waals surface area contributed by atoms with E-state index in [4.69, 9.17) is 4.74 Å². The third-order valence-electron chi connectivity index (χ3n) is 4.39. The SMILES string of the molecule is CCOc1ccc(S(=O)(=O)NNS(=O)(=O)c2ccc3c(c2)CCCC3)cc1. The van der Waals surface area contributed by atoms with Gasteiger partial charge in [0.15, 0.2) is 0 Å². The molecule has 0 saturated carbocycles. The van der Waals surface area contributed by atoms with E-state index in [1.54, 1.807) is 12.1 Å². The van der Waals surface area contributed by atoms with Crippen LogP contribution in [0.1, 0.15) is 30.9 Å². The van der Waals surface area contributed by atoms with Crippen molar-refractivity contribution in [2.24, 2.45) is 0 Å². The van der Waals surface area contributed by atoms with Crippen molar-refractivity contribution in [3.8, 4) is 5.75 Å². The van der Waals surface area contributed by atoms with Crippen LogP contribution in [0.4, 0.5) is 0 Å². The molecule has 0 amide bonds. The topological polar surface area (TPSA) is 102 Å². The minimum Gasteiger partial charge on any atom is -0.494 e. The van der Waals surface area contributed by atoms with E-state index in [0.29, 0.717) is 12.4 Å². The molecule has 0 spiro atoms. The van der Waals surface area contributed by atoms with Crippen LogP contribution in [0.2, 0.25) is 0 Å². The molecule has 0 bridgehead atoms. The van der Waals surface area contributed by atoms with Gasteiger partial charge >= 0.3 is 0 Å². The molecule has 2 N–H and O–H groups in total.